The Morgan fingerprint density at radius 3 is 2.35 bits per heavy atom. The Morgan fingerprint density at radius 1 is 1.18 bits per heavy atom. The van der Waals surface area contributed by atoms with Crippen LogP contribution in [0, 0.1) is 19.8 Å². The van der Waals surface area contributed by atoms with Gasteiger partial charge in [-0.3, -0.25) is 9.59 Å². The van der Waals surface area contributed by atoms with Crippen molar-refractivity contribution in [2.45, 2.75) is 33.6 Å². The zero-order valence-corrected chi connectivity index (χ0v) is 10.5. The smallest absolute Gasteiger partial charge is 0.303 e. The van der Waals surface area contributed by atoms with Gasteiger partial charge >= 0.3 is 5.97 Å². The molecule has 0 saturated carbocycles. The summed E-state index contributed by atoms with van der Waals surface area (Å²) in [5.41, 5.74) is 2.91. The first kappa shape index (κ1) is 13.4. The van der Waals surface area contributed by atoms with E-state index in [0.29, 0.717) is 5.56 Å². The summed E-state index contributed by atoms with van der Waals surface area (Å²) in [4.78, 5) is 22.4. The summed E-state index contributed by atoms with van der Waals surface area (Å²) < 4.78 is 0. The summed E-state index contributed by atoms with van der Waals surface area (Å²) >= 11 is 0. The van der Waals surface area contributed by atoms with Crippen LogP contribution in [0.1, 0.15) is 41.3 Å². The summed E-state index contributed by atoms with van der Waals surface area (Å²) in [5.74, 6) is -0.964. The molecule has 0 aromatic heterocycles. The highest BCUT2D eigenvalue weighted by Crippen LogP contribution is 2.16. The monoisotopic (exact) mass is 234 g/mol. The van der Waals surface area contributed by atoms with Gasteiger partial charge in [0.1, 0.15) is 0 Å². The number of ketones is 1. The van der Waals surface area contributed by atoms with Crippen LogP contribution in [0.3, 0.4) is 0 Å². The summed E-state index contributed by atoms with van der Waals surface area (Å²) in [7, 11) is 0. The molecule has 0 radical (unpaired) electrons. The van der Waals surface area contributed by atoms with Crippen molar-refractivity contribution < 1.29 is 14.7 Å². The number of carbonyl (C=O) groups is 2. The zero-order valence-electron chi connectivity index (χ0n) is 10.5. The summed E-state index contributed by atoms with van der Waals surface area (Å²) in [6.07, 6.45) is 0.325. The molecule has 0 heterocycles. The number of carboxylic acid groups (broad SMARTS) is 1. The summed E-state index contributed by atoms with van der Waals surface area (Å²) in [6.45, 7) is 5.75. The minimum Gasteiger partial charge on any atom is -0.481 e. The van der Waals surface area contributed by atoms with Crippen molar-refractivity contribution in [3.63, 3.8) is 0 Å². The third kappa shape index (κ3) is 4.02. The molecule has 3 heteroatoms. The van der Waals surface area contributed by atoms with Crippen LogP contribution in [0.2, 0.25) is 0 Å². The average molecular weight is 234 g/mol. The van der Waals surface area contributed by atoms with E-state index in [2.05, 4.69) is 0 Å². The molecule has 3 nitrogen and oxygen atoms in total. The molecule has 1 rings (SSSR count). The van der Waals surface area contributed by atoms with Gasteiger partial charge < -0.3 is 5.11 Å². The standard InChI is InChI=1S/C14H18O3/c1-9(7-14(16)17)6-13(15)12-5-4-10(2)11(3)8-12/h4-5,8-9H,6-7H2,1-3H3,(H,16,17)/t9-/m0/s1. The lowest BCUT2D eigenvalue weighted by molar-refractivity contribution is -0.137. The maximum Gasteiger partial charge on any atom is 0.303 e. The molecule has 0 spiro atoms. The lowest BCUT2D eigenvalue weighted by Gasteiger charge is -2.08. The topological polar surface area (TPSA) is 54.4 Å². The molecule has 1 aromatic rings. The van der Waals surface area contributed by atoms with E-state index in [-0.39, 0.29) is 24.5 Å². The average Bonchev–Trinajstić information content (AvgIpc) is 2.20. The number of rotatable bonds is 5. The predicted molar refractivity (Wildman–Crippen MR) is 66.3 cm³/mol. The number of hydrogen-bond donors (Lipinski definition) is 1. The number of carboxylic acids is 1. The van der Waals surface area contributed by atoms with Gasteiger partial charge in [0, 0.05) is 18.4 Å². The van der Waals surface area contributed by atoms with Gasteiger partial charge in [0.15, 0.2) is 5.78 Å². The van der Waals surface area contributed by atoms with Gasteiger partial charge in [-0.2, -0.15) is 0 Å². The number of aliphatic carboxylic acids is 1. The van der Waals surface area contributed by atoms with Crippen LogP contribution in [0.15, 0.2) is 18.2 Å². The molecule has 0 unspecified atom stereocenters. The van der Waals surface area contributed by atoms with Gasteiger partial charge in [-0.1, -0.05) is 19.1 Å². The second-order valence-electron chi connectivity index (χ2n) is 4.63. The fourth-order valence-corrected chi connectivity index (χ4v) is 1.72. The van der Waals surface area contributed by atoms with Crippen LogP contribution in [-0.2, 0) is 4.79 Å². The van der Waals surface area contributed by atoms with E-state index in [1.807, 2.05) is 26.0 Å². The van der Waals surface area contributed by atoms with Crippen LogP contribution in [0.4, 0.5) is 0 Å². The Bertz CT molecular complexity index is 435. The Kier molecular flexibility index (Phi) is 4.44. The molecule has 1 N–H and O–H groups in total. The van der Waals surface area contributed by atoms with Crippen LogP contribution < -0.4 is 0 Å². The quantitative estimate of drug-likeness (QED) is 0.797. The molecule has 0 aliphatic carbocycles. The van der Waals surface area contributed by atoms with Crippen LogP contribution in [0.5, 0.6) is 0 Å². The van der Waals surface area contributed by atoms with Crippen LogP contribution >= 0.6 is 0 Å². The first-order valence-corrected chi connectivity index (χ1v) is 5.72. The normalized spacial score (nSPS) is 12.2. The number of carbonyl (C=O) groups excluding carboxylic acids is 1. The lowest BCUT2D eigenvalue weighted by Crippen LogP contribution is -2.10. The lowest BCUT2D eigenvalue weighted by atomic mass is 9.95. The van der Waals surface area contributed by atoms with E-state index in [9.17, 15) is 9.59 Å². The molecule has 0 saturated heterocycles. The second-order valence-corrected chi connectivity index (χ2v) is 4.63. The van der Waals surface area contributed by atoms with E-state index >= 15 is 0 Å². The van der Waals surface area contributed by atoms with Gasteiger partial charge in [0.2, 0.25) is 0 Å². The van der Waals surface area contributed by atoms with Crippen molar-refractivity contribution in [1.82, 2.24) is 0 Å². The van der Waals surface area contributed by atoms with Crippen molar-refractivity contribution in [3.8, 4) is 0 Å². The molecular formula is C14H18O3. The third-order valence-corrected chi connectivity index (χ3v) is 2.89. The Balaban J connectivity index is 2.70. The van der Waals surface area contributed by atoms with Crippen LogP contribution in [-0.4, -0.2) is 16.9 Å². The van der Waals surface area contributed by atoms with Crippen molar-refractivity contribution >= 4 is 11.8 Å². The molecule has 0 aliphatic rings. The molecule has 0 amide bonds. The van der Waals surface area contributed by atoms with Gasteiger partial charge in [-0.05, 0) is 37.0 Å². The SMILES string of the molecule is Cc1ccc(C(=O)C[C@H](C)CC(=O)O)cc1C. The molecule has 17 heavy (non-hydrogen) atoms. The van der Waals surface area contributed by atoms with Crippen molar-refractivity contribution in [1.29, 1.82) is 0 Å². The Morgan fingerprint density at radius 2 is 1.82 bits per heavy atom. The minimum absolute atomic E-state index is 0.0156. The third-order valence-electron chi connectivity index (χ3n) is 2.89. The van der Waals surface area contributed by atoms with E-state index < -0.39 is 5.97 Å². The summed E-state index contributed by atoms with van der Waals surface area (Å²) in [5, 5.41) is 8.64. The van der Waals surface area contributed by atoms with E-state index in [0.717, 1.165) is 11.1 Å². The van der Waals surface area contributed by atoms with E-state index in [4.69, 9.17) is 5.11 Å². The highest BCUT2D eigenvalue weighted by Gasteiger charge is 2.14. The largest absolute Gasteiger partial charge is 0.481 e. The van der Waals surface area contributed by atoms with Crippen molar-refractivity contribution in [2.75, 3.05) is 0 Å². The van der Waals surface area contributed by atoms with Crippen molar-refractivity contribution in [3.05, 3.63) is 34.9 Å². The van der Waals surface area contributed by atoms with Gasteiger partial charge in [0.25, 0.3) is 0 Å². The molecular weight excluding hydrogens is 216 g/mol. The predicted octanol–water partition coefficient (Wildman–Crippen LogP) is 2.99. The Labute approximate surface area is 101 Å². The van der Waals surface area contributed by atoms with Crippen LogP contribution in [0.25, 0.3) is 0 Å². The molecule has 0 bridgehead atoms. The maximum absolute atomic E-state index is 11.9. The fraction of sp³-hybridized carbons (Fsp3) is 0.429. The number of hydrogen-bond acceptors (Lipinski definition) is 2. The zero-order chi connectivity index (χ0) is 13.0. The first-order chi connectivity index (χ1) is 7.90. The van der Waals surface area contributed by atoms with E-state index in [1.54, 1.807) is 13.0 Å². The Hall–Kier alpha value is -1.64. The highest BCUT2D eigenvalue weighted by atomic mass is 16.4. The van der Waals surface area contributed by atoms with Gasteiger partial charge in [-0.25, -0.2) is 0 Å². The molecule has 1 atom stereocenters. The number of benzene rings is 1. The first-order valence-electron chi connectivity index (χ1n) is 5.72. The second kappa shape index (κ2) is 5.62. The van der Waals surface area contributed by atoms with Crippen molar-refractivity contribution in [2.24, 2.45) is 5.92 Å². The number of Topliss-reactive ketones (excluding diaryl/α,β-unsaturated/α-hetero) is 1. The summed E-state index contributed by atoms with van der Waals surface area (Å²) in [6, 6.07) is 5.59. The highest BCUT2D eigenvalue weighted by molar-refractivity contribution is 5.96. The minimum atomic E-state index is -0.856. The van der Waals surface area contributed by atoms with Gasteiger partial charge in [-0.15, -0.1) is 0 Å². The molecule has 1 aromatic carbocycles. The van der Waals surface area contributed by atoms with Gasteiger partial charge in [0.05, 0.1) is 0 Å². The molecule has 92 valence electrons. The number of aryl methyl sites for hydroxylation is 2. The molecule has 0 fully saturated rings. The maximum atomic E-state index is 11.9. The molecule has 0 aliphatic heterocycles. The fourth-order valence-electron chi connectivity index (χ4n) is 1.72. The van der Waals surface area contributed by atoms with E-state index in [1.165, 1.54) is 0 Å².